The summed E-state index contributed by atoms with van der Waals surface area (Å²) in [6.45, 7) is 14.7. The molecule has 4 aliphatic rings. The predicted molar refractivity (Wildman–Crippen MR) is 162 cm³/mol. The van der Waals surface area contributed by atoms with E-state index in [9.17, 15) is 9.59 Å². The molecule has 5 heterocycles. The first kappa shape index (κ1) is 30.6. The molecule has 1 fully saturated rings. The van der Waals surface area contributed by atoms with Crippen molar-refractivity contribution in [2.24, 2.45) is 11.8 Å². The number of esters is 1. The minimum absolute atomic E-state index is 0. The molecule has 0 spiro atoms. The third-order valence-electron chi connectivity index (χ3n) is 9.86. The van der Waals surface area contributed by atoms with Crippen molar-refractivity contribution in [2.75, 3.05) is 7.11 Å². The summed E-state index contributed by atoms with van der Waals surface area (Å²) in [5.74, 6) is 0.0988. The van der Waals surface area contributed by atoms with Gasteiger partial charge in [-0.05, 0) is 39.2 Å². The van der Waals surface area contributed by atoms with E-state index in [-0.39, 0.29) is 64.8 Å². The second-order valence-electron chi connectivity index (χ2n) is 11.9. The maximum Gasteiger partial charge on any atom is 0.305 e. The molecule has 223 valence electrons. The van der Waals surface area contributed by atoms with Gasteiger partial charge in [0.15, 0.2) is 5.78 Å². The molecule has 8 bridgehead atoms. The molecule has 6 atom stereocenters. The molecule has 8 heteroatoms. The number of ketones is 1. The fourth-order valence-corrected chi connectivity index (χ4v) is 7.42. The van der Waals surface area contributed by atoms with Crippen molar-refractivity contribution in [3.8, 4) is 0 Å². The average molecular weight is 606 g/mol. The summed E-state index contributed by atoms with van der Waals surface area (Å²) in [5.41, 5.74) is 7.27. The van der Waals surface area contributed by atoms with Gasteiger partial charge in [-0.25, -0.2) is 0 Å². The zero-order valence-corrected chi connectivity index (χ0v) is 26.4. The van der Waals surface area contributed by atoms with Crippen molar-refractivity contribution in [2.45, 2.75) is 84.5 Å². The summed E-state index contributed by atoms with van der Waals surface area (Å²) in [7, 11) is 1.42. The van der Waals surface area contributed by atoms with Gasteiger partial charge in [-0.1, -0.05) is 78.3 Å². The van der Waals surface area contributed by atoms with Crippen LogP contribution in [0.25, 0.3) is 40.5 Å². The number of rotatable bonds is 5. The van der Waals surface area contributed by atoms with Gasteiger partial charge < -0.3 is 25.3 Å². The molecule has 0 saturated carbocycles. The Labute approximate surface area is 257 Å². The van der Waals surface area contributed by atoms with E-state index in [1.54, 1.807) is 0 Å². The smallest absolute Gasteiger partial charge is 0.305 e. The molecule has 0 amide bonds. The van der Waals surface area contributed by atoms with Crippen LogP contribution < -0.4 is 31.4 Å². The number of methoxy groups -OCH3 is 1. The van der Waals surface area contributed by atoms with Gasteiger partial charge in [-0.3, -0.25) is 9.59 Å². The van der Waals surface area contributed by atoms with Crippen LogP contribution in [0.1, 0.15) is 73.5 Å². The molecule has 1 aliphatic carbocycles. The number of carbonyl (C=O) groups is 2. The maximum absolute atomic E-state index is 13.4. The van der Waals surface area contributed by atoms with E-state index in [1.165, 1.54) is 18.3 Å². The van der Waals surface area contributed by atoms with Crippen molar-refractivity contribution < 1.29 is 31.4 Å². The van der Waals surface area contributed by atoms with Gasteiger partial charge in [-0.15, -0.1) is 51.7 Å². The van der Waals surface area contributed by atoms with Crippen molar-refractivity contribution in [1.82, 2.24) is 9.97 Å². The Balaban J connectivity index is 0.00000353. The predicted octanol–water partition coefficient (Wildman–Crippen LogP) is 2.83. The van der Waals surface area contributed by atoms with E-state index >= 15 is 0 Å². The summed E-state index contributed by atoms with van der Waals surface area (Å²) in [4.78, 5) is 35.8. The Morgan fingerprint density at radius 1 is 1.05 bits per heavy atom. The third kappa shape index (κ3) is 4.83. The van der Waals surface area contributed by atoms with E-state index < -0.39 is 0 Å². The molecule has 2 aromatic heterocycles. The Morgan fingerprint density at radius 3 is 2.45 bits per heavy atom. The molecule has 6 unspecified atom stereocenters. The molecule has 1 radical (unpaired) electrons. The number of Topliss-reactive ketones (excluding diaryl/α,β-unsaturated/α-hetero) is 1. The number of ether oxygens (including phenoxy) is 1. The second-order valence-corrected chi connectivity index (χ2v) is 11.9. The molecule has 0 N–H and O–H groups in total. The van der Waals surface area contributed by atoms with Gasteiger partial charge in [0.05, 0.1) is 7.11 Å². The zero-order chi connectivity index (χ0) is 29.2. The molecule has 1 saturated heterocycles. The van der Waals surface area contributed by atoms with Crippen molar-refractivity contribution in [3.05, 3.63) is 72.0 Å². The van der Waals surface area contributed by atoms with Gasteiger partial charge in [0.1, 0.15) is 0 Å². The summed E-state index contributed by atoms with van der Waals surface area (Å²) < 4.78 is 4.97. The molecule has 6 rings (SSSR count). The van der Waals surface area contributed by atoms with Crippen LogP contribution in [-0.2, 0) is 26.6 Å². The maximum atomic E-state index is 13.4. The van der Waals surface area contributed by atoms with E-state index in [4.69, 9.17) is 25.3 Å². The summed E-state index contributed by atoms with van der Waals surface area (Å²) >= 11 is 0. The first-order valence-electron chi connectivity index (χ1n) is 14.7. The van der Waals surface area contributed by atoms with E-state index in [0.717, 1.165) is 55.6 Å². The number of fused-ring (bicyclic) bond motifs is 8. The Bertz CT molecular complexity index is 1740. The summed E-state index contributed by atoms with van der Waals surface area (Å²) in [5, 5.41) is 13.9. The quantitative estimate of drug-likeness (QED) is 0.297. The number of aromatic nitrogens is 2. The van der Waals surface area contributed by atoms with Gasteiger partial charge in [-0.2, -0.15) is 0 Å². The molecular formula is C34H38MnN4O3-4. The van der Waals surface area contributed by atoms with Crippen LogP contribution in [0.3, 0.4) is 0 Å². The van der Waals surface area contributed by atoms with Crippen LogP contribution >= 0.6 is 0 Å². The molecular weight excluding hydrogens is 567 g/mol. The average Bonchev–Trinajstić information content (AvgIpc) is 3.70. The summed E-state index contributed by atoms with van der Waals surface area (Å²) in [6, 6.07) is -0.514. The Morgan fingerprint density at radius 2 is 1.76 bits per heavy atom. The van der Waals surface area contributed by atoms with E-state index in [0.29, 0.717) is 19.3 Å². The van der Waals surface area contributed by atoms with Crippen LogP contribution in [0.2, 0.25) is 0 Å². The van der Waals surface area contributed by atoms with Gasteiger partial charge in [0, 0.05) is 35.5 Å². The Hall–Kier alpha value is -2.90. The number of hydrogen-bond acceptors (Lipinski definition) is 3. The topological polar surface area (TPSA) is 99.8 Å². The minimum atomic E-state index is -0.229. The SMILES string of the molecule is C=Cc1c(C)/c2[n-]/c1=C\C1[N-]C(/C=c3\[n-]c4c(c3C)C(=O)CC=4C3[N-]C(\C=2)C(C)C3CCC(=O)OC)C(CC)=C1C.[Mn]. The second kappa shape index (κ2) is 11.6. The van der Waals surface area contributed by atoms with Crippen molar-refractivity contribution in [1.29, 1.82) is 0 Å². The van der Waals surface area contributed by atoms with Crippen LogP contribution in [0.5, 0.6) is 0 Å². The Kier molecular flexibility index (Phi) is 8.47. The van der Waals surface area contributed by atoms with E-state index in [1.807, 2.05) is 13.0 Å². The number of nitrogens with zero attached hydrogens (tertiary/aromatic N) is 4. The third-order valence-corrected chi connectivity index (χ3v) is 9.86. The van der Waals surface area contributed by atoms with Crippen LogP contribution in [-0.4, -0.2) is 43.0 Å². The zero-order valence-electron chi connectivity index (χ0n) is 25.2. The van der Waals surface area contributed by atoms with Crippen LogP contribution in [0, 0.1) is 25.7 Å². The van der Waals surface area contributed by atoms with Gasteiger partial charge >= 0.3 is 5.97 Å². The first-order valence-corrected chi connectivity index (χ1v) is 14.7. The molecule has 7 nitrogen and oxygen atoms in total. The number of carbonyl (C=O) groups excluding carboxylic acids is 2. The van der Waals surface area contributed by atoms with Crippen molar-refractivity contribution >= 4 is 41.6 Å². The molecule has 0 aromatic carbocycles. The fraction of sp³-hybridized carbons (Fsp3) is 0.471. The normalized spacial score (nSPS) is 30.2. The van der Waals surface area contributed by atoms with Crippen molar-refractivity contribution in [3.63, 3.8) is 0 Å². The first-order chi connectivity index (χ1) is 19.7. The van der Waals surface area contributed by atoms with Crippen LogP contribution in [0.15, 0.2) is 17.7 Å². The van der Waals surface area contributed by atoms with E-state index in [2.05, 4.69) is 52.5 Å². The van der Waals surface area contributed by atoms with Gasteiger partial charge in [0.25, 0.3) is 0 Å². The summed E-state index contributed by atoms with van der Waals surface area (Å²) in [6.07, 6.45) is 10.5. The monoisotopic (exact) mass is 605 g/mol. The standard InChI is InChI=1S/C34H38N4O3.Mn/c1-8-20-16(3)24-13-26-18(5)22(10-11-31(40)41-7)33(37-26)23-12-30(39)32-19(6)27(38-34(23)32)15-29-21(9-2)17(4)25(36-29)14-28(20)35-24;/h8,13-15,18,22,25-26,29,33H,1,9-12H2,2-7H3;/q-4;/b24-13-,27-15-,28-14-;. The number of hydrogen-bond donors (Lipinski definition) is 0. The fourth-order valence-electron chi connectivity index (χ4n) is 7.42. The minimum Gasteiger partial charge on any atom is -0.658 e. The molecule has 3 aliphatic heterocycles. The molecule has 2 aromatic rings. The van der Waals surface area contributed by atoms with Gasteiger partial charge in [0.2, 0.25) is 0 Å². The van der Waals surface area contributed by atoms with Crippen LogP contribution in [0.4, 0.5) is 0 Å². The molecule has 42 heavy (non-hydrogen) atoms. The largest absolute Gasteiger partial charge is 0.658 e.